The van der Waals surface area contributed by atoms with Crippen molar-refractivity contribution in [3.8, 4) is 0 Å². The van der Waals surface area contributed by atoms with E-state index >= 15 is 8.78 Å². The molecule has 1 amide bonds. The van der Waals surface area contributed by atoms with Gasteiger partial charge in [-0.05, 0) is 85.3 Å². The Balaban J connectivity index is 1.44. The highest BCUT2D eigenvalue weighted by atomic mass is 19.4. The molecule has 41 heavy (non-hydrogen) atoms. The van der Waals surface area contributed by atoms with E-state index in [0.717, 1.165) is 22.3 Å². The molecule has 0 radical (unpaired) electrons. The predicted molar refractivity (Wildman–Crippen MR) is 141 cm³/mol. The monoisotopic (exact) mass is 578 g/mol. The van der Waals surface area contributed by atoms with Crippen LogP contribution in [0.15, 0.2) is 47.1 Å². The molecule has 2 saturated carbocycles. The second-order valence-electron chi connectivity index (χ2n) is 12.6. The summed E-state index contributed by atoms with van der Waals surface area (Å²) in [6, 6.07) is 6.94. The minimum atomic E-state index is -5.88. The molecular weight excluding hydrogens is 543 g/mol. The van der Waals surface area contributed by atoms with Crippen LogP contribution in [0.2, 0.25) is 0 Å². The van der Waals surface area contributed by atoms with Crippen molar-refractivity contribution in [2.75, 3.05) is 26.2 Å². The van der Waals surface area contributed by atoms with Crippen LogP contribution >= 0.6 is 0 Å². The number of hydrogen-bond donors (Lipinski definition) is 2. The van der Waals surface area contributed by atoms with Crippen molar-refractivity contribution in [2.45, 2.75) is 75.5 Å². The van der Waals surface area contributed by atoms with E-state index in [4.69, 9.17) is 0 Å². The van der Waals surface area contributed by atoms with Crippen molar-refractivity contribution in [1.82, 2.24) is 10.2 Å². The van der Waals surface area contributed by atoms with Gasteiger partial charge in [-0.25, -0.2) is 0 Å². The Kier molecular flexibility index (Phi) is 6.77. The van der Waals surface area contributed by atoms with Gasteiger partial charge in [0.25, 0.3) is 5.91 Å². The third-order valence-corrected chi connectivity index (χ3v) is 10.7. The van der Waals surface area contributed by atoms with Crippen LogP contribution in [0.3, 0.4) is 0 Å². The Morgan fingerprint density at radius 2 is 1.71 bits per heavy atom. The number of nitrogens with one attached hydrogen (secondary N) is 1. The topological polar surface area (TPSA) is 69.6 Å². The van der Waals surface area contributed by atoms with Crippen molar-refractivity contribution < 1.29 is 36.6 Å². The zero-order valence-corrected chi connectivity index (χ0v) is 23.0. The molecule has 6 rings (SSSR count). The Morgan fingerprint density at radius 3 is 2.37 bits per heavy atom. The van der Waals surface area contributed by atoms with E-state index in [1.54, 1.807) is 35.2 Å². The molecule has 2 N–H and O–H groups in total. The second-order valence-corrected chi connectivity index (χ2v) is 12.6. The minimum absolute atomic E-state index is 0.0378. The molecule has 5 nitrogen and oxygen atoms in total. The number of carbonyl (C=O) groups excluding carboxylic acids is 2. The van der Waals surface area contributed by atoms with E-state index in [2.05, 4.69) is 5.32 Å². The lowest BCUT2D eigenvalue weighted by molar-refractivity contribution is -0.362. The van der Waals surface area contributed by atoms with Crippen LogP contribution in [0.5, 0.6) is 0 Å². The molecule has 222 valence electrons. The number of allylic oxidation sites excluding steroid dienone is 4. The normalized spacial score (nSPS) is 34.1. The molecule has 0 spiro atoms. The molecule has 0 bridgehead atoms. The van der Waals surface area contributed by atoms with Crippen LogP contribution in [0.1, 0.15) is 73.7 Å². The van der Waals surface area contributed by atoms with Crippen LogP contribution in [0, 0.1) is 17.3 Å². The fourth-order valence-electron chi connectivity index (χ4n) is 8.62. The van der Waals surface area contributed by atoms with Gasteiger partial charge in [-0.1, -0.05) is 24.6 Å². The summed E-state index contributed by atoms with van der Waals surface area (Å²) < 4.78 is 71.5. The number of alkyl halides is 5. The first kappa shape index (κ1) is 28.5. The average molecular weight is 579 g/mol. The number of fused-ring (bicyclic) bond motifs is 4. The van der Waals surface area contributed by atoms with Crippen LogP contribution in [0.25, 0.3) is 0 Å². The molecule has 1 aromatic carbocycles. The number of rotatable bonds is 3. The van der Waals surface area contributed by atoms with Crippen molar-refractivity contribution in [3.05, 3.63) is 58.2 Å². The summed E-state index contributed by atoms with van der Waals surface area (Å²) >= 11 is 0. The van der Waals surface area contributed by atoms with Gasteiger partial charge in [0.15, 0.2) is 5.78 Å². The summed E-state index contributed by atoms with van der Waals surface area (Å²) in [6.45, 7) is 3.99. The van der Waals surface area contributed by atoms with Gasteiger partial charge in [-0.15, -0.1) is 0 Å². The first-order valence-electron chi connectivity index (χ1n) is 14.5. The van der Waals surface area contributed by atoms with Crippen molar-refractivity contribution >= 4 is 11.7 Å². The van der Waals surface area contributed by atoms with E-state index in [9.17, 15) is 27.9 Å². The summed E-state index contributed by atoms with van der Waals surface area (Å²) in [5, 5.41) is 14.6. The molecule has 2 unspecified atom stereocenters. The summed E-state index contributed by atoms with van der Waals surface area (Å²) in [5.74, 6) is -6.69. The lowest BCUT2D eigenvalue weighted by atomic mass is 9.50. The molecule has 1 aromatic rings. The SMILES string of the molecule is CC12C[C@H](c3ccc(C(=O)N4CCNCC4)cc3)C3=C4CCC(=O)C=C4CCC3[C@@H]1CC[C@@]2(O)C(F)(F)C(F)(F)F. The molecule has 5 atom stereocenters. The van der Waals surface area contributed by atoms with Gasteiger partial charge >= 0.3 is 12.1 Å². The maximum Gasteiger partial charge on any atom is 0.456 e. The Hall–Kier alpha value is -2.59. The molecule has 4 aliphatic carbocycles. The summed E-state index contributed by atoms with van der Waals surface area (Å²) in [6.07, 6.45) is -2.94. The average Bonchev–Trinajstić information content (AvgIpc) is 3.23. The van der Waals surface area contributed by atoms with Gasteiger partial charge in [0.1, 0.15) is 5.60 Å². The highest BCUT2D eigenvalue weighted by Gasteiger charge is 2.79. The molecule has 0 aromatic heterocycles. The lowest BCUT2D eigenvalue weighted by Gasteiger charge is -2.56. The van der Waals surface area contributed by atoms with Crippen molar-refractivity contribution in [2.24, 2.45) is 17.3 Å². The fourth-order valence-corrected chi connectivity index (χ4v) is 8.62. The van der Waals surface area contributed by atoms with Gasteiger partial charge in [0.2, 0.25) is 0 Å². The molecule has 5 aliphatic rings. The fraction of sp³-hybridized carbons (Fsp3) is 0.613. The van der Waals surface area contributed by atoms with E-state index in [1.807, 2.05) is 0 Å². The van der Waals surface area contributed by atoms with Gasteiger partial charge in [-0.2, -0.15) is 22.0 Å². The number of carbonyl (C=O) groups is 2. The third-order valence-electron chi connectivity index (χ3n) is 10.7. The molecule has 1 aliphatic heterocycles. The molecule has 3 fully saturated rings. The maximum absolute atomic E-state index is 15.1. The molecule has 1 saturated heterocycles. The Bertz CT molecular complexity index is 1310. The van der Waals surface area contributed by atoms with Gasteiger partial charge in [-0.3, -0.25) is 9.59 Å². The third kappa shape index (κ3) is 4.22. The van der Waals surface area contributed by atoms with Gasteiger partial charge < -0.3 is 15.3 Å². The number of halogens is 5. The Labute approximate surface area is 235 Å². The number of benzene rings is 1. The number of amides is 1. The van der Waals surface area contributed by atoms with Gasteiger partial charge in [0.05, 0.1) is 0 Å². The van der Waals surface area contributed by atoms with E-state index in [-0.39, 0.29) is 30.4 Å². The van der Waals surface area contributed by atoms with Crippen LogP contribution in [-0.4, -0.2) is 65.6 Å². The smallest absolute Gasteiger partial charge is 0.383 e. The number of hydrogen-bond acceptors (Lipinski definition) is 4. The van der Waals surface area contributed by atoms with E-state index < -0.39 is 41.4 Å². The molecule has 10 heteroatoms. The standard InChI is InChI=1S/C31H35F5N2O3/c1-28-17-24(18-2-4-19(5-3-18)27(40)38-14-12-37-13-15-38)26-22-9-7-21(39)16-20(22)6-8-23(26)25(28)10-11-29(28,41)30(32,33)31(34,35)36/h2-5,16,23-25,37,41H,6-15,17H2,1H3/t23?,24-,25+,28?,29+/m1/s1. The number of aliphatic hydroxyl groups is 1. The van der Waals surface area contributed by atoms with Crippen LogP contribution in [-0.2, 0) is 4.79 Å². The van der Waals surface area contributed by atoms with E-state index in [0.29, 0.717) is 57.4 Å². The van der Waals surface area contributed by atoms with Crippen LogP contribution < -0.4 is 5.32 Å². The minimum Gasteiger partial charge on any atom is -0.383 e. The number of nitrogens with zero attached hydrogens (tertiary/aromatic N) is 1. The number of ketones is 1. The maximum atomic E-state index is 15.1. The molecule has 1 heterocycles. The van der Waals surface area contributed by atoms with Gasteiger partial charge in [0, 0.05) is 49.5 Å². The number of piperazine rings is 1. The first-order chi connectivity index (χ1) is 19.3. The summed E-state index contributed by atoms with van der Waals surface area (Å²) in [4.78, 5) is 27.0. The highest BCUT2D eigenvalue weighted by Crippen LogP contribution is 2.70. The quantitative estimate of drug-likeness (QED) is 0.461. The summed E-state index contributed by atoms with van der Waals surface area (Å²) in [7, 11) is 0. The largest absolute Gasteiger partial charge is 0.456 e. The lowest BCUT2D eigenvalue weighted by Crippen LogP contribution is -2.65. The zero-order chi connectivity index (χ0) is 29.4. The second kappa shape index (κ2) is 9.73. The van der Waals surface area contributed by atoms with Crippen molar-refractivity contribution in [1.29, 1.82) is 0 Å². The highest BCUT2D eigenvalue weighted by molar-refractivity contribution is 5.94. The van der Waals surface area contributed by atoms with Crippen LogP contribution in [0.4, 0.5) is 22.0 Å². The Morgan fingerprint density at radius 1 is 1.02 bits per heavy atom. The predicted octanol–water partition coefficient (Wildman–Crippen LogP) is 5.56. The molecular formula is C31H35F5N2O3. The van der Waals surface area contributed by atoms with Crippen molar-refractivity contribution in [3.63, 3.8) is 0 Å². The zero-order valence-electron chi connectivity index (χ0n) is 23.0. The first-order valence-corrected chi connectivity index (χ1v) is 14.5. The van der Waals surface area contributed by atoms with E-state index in [1.165, 1.54) is 6.92 Å². The summed E-state index contributed by atoms with van der Waals surface area (Å²) in [5.41, 5.74) is -0.777.